The van der Waals surface area contributed by atoms with Gasteiger partial charge in [-0.1, -0.05) is 24.3 Å². The fourth-order valence-electron chi connectivity index (χ4n) is 2.10. The quantitative estimate of drug-likeness (QED) is 0.472. The molecule has 5 heteroatoms. The summed E-state index contributed by atoms with van der Waals surface area (Å²) in [5.41, 5.74) is 0.485. The van der Waals surface area contributed by atoms with Crippen LogP contribution in [0.3, 0.4) is 0 Å². The van der Waals surface area contributed by atoms with Crippen molar-refractivity contribution in [2.75, 3.05) is 13.4 Å². The van der Waals surface area contributed by atoms with Crippen molar-refractivity contribution in [1.29, 1.82) is 0 Å². The van der Waals surface area contributed by atoms with Crippen LogP contribution >= 0.6 is 0 Å². The maximum atomic E-state index is 9.15. The molecule has 1 saturated carbocycles. The molecule has 1 fully saturated rings. The smallest absolute Gasteiger partial charge is 0.468 e. The van der Waals surface area contributed by atoms with Gasteiger partial charge < -0.3 is 19.5 Å². The molecule has 1 aliphatic rings. The van der Waals surface area contributed by atoms with Gasteiger partial charge in [-0.25, -0.2) is 0 Å². The molecule has 2 aromatic carbocycles. The minimum Gasteiger partial charge on any atom is -0.468 e. The van der Waals surface area contributed by atoms with Crippen LogP contribution in [0.15, 0.2) is 36.4 Å². The van der Waals surface area contributed by atoms with E-state index >= 15 is 0 Å². The first-order valence-electron chi connectivity index (χ1n) is 6.83. The molecular formula is C15H17BO4. The van der Waals surface area contributed by atoms with Gasteiger partial charge in [-0.15, -0.1) is 0 Å². The molecule has 0 radical (unpaired) electrons. The molecule has 104 valence electrons. The molecule has 20 heavy (non-hydrogen) atoms. The number of hydrogen-bond acceptors (Lipinski definition) is 4. The van der Waals surface area contributed by atoms with Crippen molar-refractivity contribution in [1.82, 2.24) is 0 Å². The Morgan fingerprint density at radius 1 is 1.05 bits per heavy atom. The summed E-state index contributed by atoms with van der Waals surface area (Å²) in [6.07, 6.45) is 2.55. The second kappa shape index (κ2) is 5.83. The van der Waals surface area contributed by atoms with E-state index in [-0.39, 0.29) is 6.79 Å². The summed E-state index contributed by atoms with van der Waals surface area (Å²) in [7, 11) is -1.44. The summed E-state index contributed by atoms with van der Waals surface area (Å²) < 4.78 is 11.0. The van der Waals surface area contributed by atoms with Crippen molar-refractivity contribution in [2.24, 2.45) is 5.92 Å². The lowest BCUT2D eigenvalue weighted by Crippen LogP contribution is -2.29. The lowest BCUT2D eigenvalue weighted by molar-refractivity contribution is 0.0101. The molecule has 2 N–H and O–H groups in total. The minimum atomic E-state index is -1.44. The number of ether oxygens (including phenoxy) is 2. The lowest BCUT2D eigenvalue weighted by Gasteiger charge is -2.08. The Kier molecular flexibility index (Phi) is 3.92. The van der Waals surface area contributed by atoms with E-state index in [9.17, 15) is 0 Å². The molecule has 0 aliphatic heterocycles. The third-order valence-electron chi connectivity index (χ3n) is 3.49. The Labute approximate surface area is 118 Å². The first-order chi connectivity index (χ1) is 9.72. The third kappa shape index (κ3) is 3.31. The highest BCUT2D eigenvalue weighted by atomic mass is 16.7. The number of fused-ring (bicyclic) bond motifs is 1. The van der Waals surface area contributed by atoms with Crippen molar-refractivity contribution in [3.05, 3.63) is 36.4 Å². The van der Waals surface area contributed by atoms with E-state index in [1.807, 2.05) is 24.3 Å². The van der Waals surface area contributed by atoms with Gasteiger partial charge in [0.15, 0.2) is 6.79 Å². The first-order valence-corrected chi connectivity index (χ1v) is 6.83. The zero-order valence-electron chi connectivity index (χ0n) is 11.2. The largest absolute Gasteiger partial charge is 0.488 e. The maximum Gasteiger partial charge on any atom is 0.488 e. The monoisotopic (exact) mass is 272 g/mol. The van der Waals surface area contributed by atoms with Crippen LogP contribution in [-0.2, 0) is 4.74 Å². The van der Waals surface area contributed by atoms with Gasteiger partial charge in [-0.05, 0) is 47.1 Å². The molecule has 0 atom stereocenters. The Bertz CT molecular complexity index is 595. The summed E-state index contributed by atoms with van der Waals surface area (Å²) in [5, 5.41) is 20.2. The maximum absolute atomic E-state index is 9.15. The van der Waals surface area contributed by atoms with Gasteiger partial charge in [0.2, 0.25) is 0 Å². The highest BCUT2D eigenvalue weighted by Gasteiger charge is 2.21. The number of rotatable bonds is 6. The predicted molar refractivity (Wildman–Crippen MR) is 77.9 cm³/mol. The van der Waals surface area contributed by atoms with Gasteiger partial charge in [0.05, 0.1) is 6.61 Å². The Hall–Kier alpha value is -1.56. The molecule has 0 aromatic heterocycles. The number of hydrogen-bond donors (Lipinski definition) is 2. The highest BCUT2D eigenvalue weighted by molar-refractivity contribution is 6.58. The van der Waals surface area contributed by atoms with Crippen molar-refractivity contribution in [3.63, 3.8) is 0 Å². The topological polar surface area (TPSA) is 58.9 Å². The van der Waals surface area contributed by atoms with Gasteiger partial charge in [0.25, 0.3) is 0 Å². The van der Waals surface area contributed by atoms with E-state index < -0.39 is 7.12 Å². The second-order valence-electron chi connectivity index (χ2n) is 5.22. The van der Waals surface area contributed by atoms with Crippen LogP contribution < -0.4 is 10.2 Å². The van der Waals surface area contributed by atoms with Crippen molar-refractivity contribution in [2.45, 2.75) is 12.8 Å². The SMILES string of the molecule is OB(O)c1ccc2cc(OCOCC3CC3)ccc2c1. The zero-order valence-corrected chi connectivity index (χ0v) is 11.2. The standard InChI is InChI=1S/C15H17BO4/c17-16(18)14-5-3-13-8-15(6-4-12(13)7-14)20-10-19-9-11-1-2-11/h3-8,11,17-18H,1-2,9-10H2. The van der Waals surface area contributed by atoms with Crippen molar-refractivity contribution in [3.8, 4) is 5.75 Å². The summed E-state index contributed by atoms with van der Waals surface area (Å²) in [5.74, 6) is 1.49. The van der Waals surface area contributed by atoms with E-state index in [4.69, 9.17) is 19.5 Å². The summed E-state index contributed by atoms with van der Waals surface area (Å²) in [6.45, 7) is 1.06. The fraction of sp³-hybridized carbons (Fsp3) is 0.333. The van der Waals surface area contributed by atoms with E-state index in [1.54, 1.807) is 12.1 Å². The van der Waals surface area contributed by atoms with Crippen molar-refractivity contribution < 1.29 is 19.5 Å². The molecule has 0 bridgehead atoms. The number of benzene rings is 2. The van der Waals surface area contributed by atoms with Gasteiger partial charge in [-0.3, -0.25) is 0 Å². The van der Waals surface area contributed by atoms with Crippen LogP contribution in [0.5, 0.6) is 5.75 Å². The third-order valence-corrected chi connectivity index (χ3v) is 3.49. The van der Waals surface area contributed by atoms with Crippen LogP contribution in [0.2, 0.25) is 0 Å². The van der Waals surface area contributed by atoms with Crippen LogP contribution in [0.25, 0.3) is 10.8 Å². The molecule has 0 spiro atoms. The van der Waals surface area contributed by atoms with E-state index in [2.05, 4.69) is 0 Å². The normalized spacial score (nSPS) is 14.5. The van der Waals surface area contributed by atoms with E-state index in [0.717, 1.165) is 29.0 Å². The van der Waals surface area contributed by atoms with Gasteiger partial charge in [-0.2, -0.15) is 0 Å². The molecule has 3 rings (SSSR count). The Morgan fingerprint density at radius 2 is 1.80 bits per heavy atom. The first kappa shape index (κ1) is 13.4. The Morgan fingerprint density at radius 3 is 2.55 bits per heavy atom. The summed E-state index contributed by atoms with van der Waals surface area (Å²) in [6, 6.07) is 11.0. The molecule has 0 saturated heterocycles. The van der Waals surface area contributed by atoms with Crippen molar-refractivity contribution >= 4 is 23.4 Å². The fourth-order valence-corrected chi connectivity index (χ4v) is 2.10. The lowest BCUT2D eigenvalue weighted by atomic mass is 9.79. The molecule has 4 nitrogen and oxygen atoms in total. The van der Waals surface area contributed by atoms with Crippen LogP contribution in [0.1, 0.15) is 12.8 Å². The van der Waals surface area contributed by atoms with Gasteiger partial charge in [0, 0.05) is 0 Å². The van der Waals surface area contributed by atoms with E-state index in [1.165, 1.54) is 12.8 Å². The highest BCUT2D eigenvalue weighted by Crippen LogP contribution is 2.28. The van der Waals surface area contributed by atoms with Gasteiger partial charge >= 0.3 is 7.12 Å². The minimum absolute atomic E-state index is 0.273. The van der Waals surface area contributed by atoms with Gasteiger partial charge in [0.1, 0.15) is 5.75 Å². The second-order valence-corrected chi connectivity index (χ2v) is 5.22. The molecule has 0 amide bonds. The van der Waals surface area contributed by atoms with Crippen LogP contribution in [0, 0.1) is 5.92 Å². The average Bonchev–Trinajstić information content (AvgIpc) is 3.27. The Balaban J connectivity index is 1.65. The molecule has 0 heterocycles. The zero-order chi connectivity index (χ0) is 13.9. The van der Waals surface area contributed by atoms with E-state index in [0.29, 0.717) is 5.46 Å². The van der Waals surface area contributed by atoms with Crippen LogP contribution in [0.4, 0.5) is 0 Å². The molecule has 0 unspecified atom stereocenters. The molecule has 2 aromatic rings. The summed E-state index contributed by atoms with van der Waals surface area (Å²) >= 11 is 0. The molecular weight excluding hydrogens is 255 g/mol. The van der Waals surface area contributed by atoms with Crippen LogP contribution in [-0.4, -0.2) is 30.6 Å². The predicted octanol–water partition coefficient (Wildman–Crippen LogP) is 1.28. The average molecular weight is 272 g/mol. The molecule has 1 aliphatic carbocycles. The summed E-state index contributed by atoms with van der Waals surface area (Å²) in [4.78, 5) is 0.